The van der Waals surface area contributed by atoms with Gasteiger partial charge in [0.1, 0.15) is 5.82 Å². The molecule has 3 aromatic rings. The van der Waals surface area contributed by atoms with Gasteiger partial charge in [0.25, 0.3) is 5.91 Å². The standard InChI is InChI=1S/C18H12Cl3N3O/c19-18(20,21)17-22-14(12-7-3-1-4-8-12)11-15(24-17)23-16(25)13-9-5-2-6-10-13/h1-11H,(H,22,23,24,25). The van der Waals surface area contributed by atoms with Crippen LogP contribution in [0.5, 0.6) is 0 Å². The average Bonchev–Trinajstić information content (AvgIpc) is 2.62. The Bertz CT molecular complexity index is 881. The Morgan fingerprint density at radius 3 is 2.08 bits per heavy atom. The van der Waals surface area contributed by atoms with E-state index in [1.54, 1.807) is 30.3 Å². The lowest BCUT2D eigenvalue weighted by atomic mass is 10.1. The maximum Gasteiger partial charge on any atom is 0.256 e. The average molecular weight is 393 g/mol. The van der Waals surface area contributed by atoms with Crippen molar-refractivity contribution in [2.45, 2.75) is 3.79 Å². The fraction of sp³-hybridized carbons (Fsp3) is 0.0556. The molecule has 1 amide bonds. The molecule has 1 N–H and O–H groups in total. The summed E-state index contributed by atoms with van der Waals surface area (Å²) in [4.78, 5) is 20.8. The Morgan fingerprint density at radius 1 is 0.880 bits per heavy atom. The number of anilines is 1. The van der Waals surface area contributed by atoms with E-state index in [9.17, 15) is 4.79 Å². The zero-order chi connectivity index (χ0) is 17.9. The molecule has 0 saturated carbocycles. The zero-order valence-corrected chi connectivity index (χ0v) is 15.1. The highest BCUT2D eigenvalue weighted by molar-refractivity contribution is 6.66. The van der Waals surface area contributed by atoms with Crippen LogP contribution in [0.25, 0.3) is 11.3 Å². The molecule has 3 rings (SSSR count). The maximum atomic E-state index is 12.4. The van der Waals surface area contributed by atoms with E-state index in [4.69, 9.17) is 34.8 Å². The second-order valence-electron chi connectivity index (χ2n) is 5.15. The SMILES string of the molecule is O=C(Nc1cc(-c2ccccc2)nc(C(Cl)(Cl)Cl)n1)c1ccccc1. The summed E-state index contributed by atoms with van der Waals surface area (Å²) in [5.74, 6) is -0.0696. The lowest BCUT2D eigenvalue weighted by molar-refractivity contribution is 0.102. The first-order chi connectivity index (χ1) is 11.9. The predicted octanol–water partition coefficient (Wildman–Crippen LogP) is 5.22. The minimum Gasteiger partial charge on any atom is -0.306 e. The highest BCUT2D eigenvalue weighted by Crippen LogP contribution is 2.37. The molecule has 0 saturated heterocycles. The van der Waals surface area contributed by atoms with Gasteiger partial charge < -0.3 is 5.32 Å². The van der Waals surface area contributed by atoms with Gasteiger partial charge in [0.05, 0.1) is 5.69 Å². The number of carbonyl (C=O) groups excluding carboxylic acids is 1. The van der Waals surface area contributed by atoms with Crippen molar-refractivity contribution < 1.29 is 4.79 Å². The van der Waals surface area contributed by atoms with Gasteiger partial charge >= 0.3 is 0 Å². The van der Waals surface area contributed by atoms with E-state index in [0.29, 0.717) is 11.3 Å². The molecule has 0 unspecified atom stereocenters. The van der Waals surface area contributed by atoms with Gasteiger partial charge in [0.15, 0.2) is 5.82 Å². The molecular weight excluding hydrogens is 381 g/mol. The minimum absolute atomic E-state index is 0.0118. The molecule has 0 bridgehead atoms. The van der Waals surface area contributed by atoms with E-state index in [1.807, 2.05) is 36.4 Å². The summed E-state index contributed by atoms with van der Waals surface area (Å²) >= 11 is 17.8. The van der Waals surface area contributed by atoms with Crippen LogP contribution >= 0.6 is 34.8 Å². The third kappa shape index (κ3) is 4.48. The van der Waals surface area contributed by atoms with Gasteiger partial charge in [0.2, 0.25) is 3.79 Å². The van der Waals surface area contributed by atoms with Gasteiger partial charge in [0, 0.05) is 17.2 Å². The largest absolute Gasteiger partial charge is 0.306 e. The fourth-order valence-corrected chi connectivity index (χ4v) is 2.43. The number of alkyl halides is 3. The lowest BCUT2D eigenvalue weighted by Gasteiger charge is -2.14. The molecule has 25 heavy (non-hydrogen) atoms. The lowest BCUT2D eigenvalue weighted by Crippen LogP contribution is -2.16. The first kappa shape index (κ1) is 17.7. The second kappa shape index (κ2) is 7.40. The Kier molecular flexibility index (Phi) is 5.23. The number of rotatable bonds is 3. The summed E-state index contributed by atoms with van der Waals surface area (Å²) < 4.78 is -1.81. The van der Waals surface area contributed by atoms with E-state index in [-0.39, 0.29) is 17.5 Å². The second-order valence-corrected chi connectivity index (χ2v) is 7.43. The smallest absolute Gasteiger partial charge is 0.256 e. The van der Waals surface area contributed by atoms with Crippen LogP contribution in [0, 0.1) is 0 Å². The van der Waals surface area contributed by atoms with E-state index in [0.717, 1.165) is 5.56 Å². The first-order valence-electron chi connectivity index (χ1n) is 7.31. The van der Waals surface area contributed by atoms with E-state index >= 15 is 0 Å². The fourth-order valence-electron chi connectivity index (χ4n) is 2.17. The third-order valence-corrected chi connectivity index (χ3v) is 3.83. The minimum atomic E-state index is -1.81. The normalized spacial score (nSPS) is 11.2. The van der Waals surface area contributed by atoms with Gasteiger partial charge in [-0.15, -0.1) is 0 Å². The number of hydrogen-bond acceptors (Lipinski definition) is 3. The van der Waals surface area contributed by atoms with Gasteiger partial charge in [-0.25, -0.2) is 9.97 Å². The highest BCUT2D eigenvalue weighted by atomic mass is 35.6. The van der Waals surface area contributed by atoms with Gasteiger partial charge in [-0.3, -0.25) is 4.79 Å². The van der Waals surface area contributed by atoms with E-state index in [1.165, 1.54) is 0 Å². The molecule has 0 fully saturated rings. The third-order valence-electron chi connectivity index (χ3n) is 3.33. The highest BCUT2D eigenvalue weighted by Gasteiger charge is 2.28. The summed E-state index contributed by atoms with van der Waals surface area (Å²) in [6.45, 7) is 0. The Morgan fingerprint density at radius 2 is 1.48 bits per heavy atom. The van der Waals surface area contributed by atoms with Crippen molar-refractivity contribution in [1.82, 2.24) is 9.97 Å². The van der Waals surface area contributed by atoms with Gasteiger partial charge in [-0.1, -0.05) is 83.3 Å². The Labute approximate surface area is 159 Å². The summed E-state index contributed by atoms with van der Waals surface area (Å²) in [6, 6.07) is 19.8. The van der Waals surface area contributed by atoms with Crippen LogP contribution in [-0.2, 0) is 3.79 Å². The van der Waals surface area contributed by atoms with Crippen molar-refractivity contribution in [3.8, 4) is 11.3 Å². The molecule has 0 aliphatic rings. The molecule has 0 spiro atoms. The van der Waals surface area contributed by atoms with Crippen molar-refractivity contribution in [2.75, 3.05) is 5.32 Å². The van der Waals surface area contributed by atoms with Crippen LogP contribution < -0.4 is 5.32 Å². The number of hydrogen-bond donors (Lipinski definition) is 1. The molecule has 1 heterocycles. The van der Waals surface area contributed by atoms with Crippen LogP contribution in [0.1, 0.15) is 16.2 Å². The number of nitrogens with zero attached hydrogens (tertiary/aromatic N) is 2. The molecule has 0 aliphatic carbocycles. The number of halogens is 3. The summed E-state index contributed by atoms with van der Waals surface area (Å²) in [6.07, 6.45) is 0. The topological polar surface area (TPSA) is 54.9 Å². The summed E-state index contributed by atoms with van der Waals surface area (Å²) in [5, 5.41) is 2.71. The molecular formula is C18H12Cl3N3O. The predicted molar refractivity (Wildman–Crippen MR) is 101 cm³/mol. The summed E-state index contributed by atoms with van der Waals surface area (Å²) in [5.41, 5.74) is 1.86. The molecule has 0 aliphatic heterocycles. The van der Waals surface area contributed by atoms with Crippen molar-refractivity contribution in [3.63, 3.8) is 0 Å². The van der Waals surface area contributed by atoms with E-state index < -0.39 is 3.79 Å². The zero-order valence-electron chi connectivity index (χ0n) is 12.8. The molecule has 7 heteroatoms. The molecule has 0 radical (unpaired) electrons. The maximum absolute atomic E-state index is 12.4. The monoisotopic (exact) mass is 391 g/mol. The molecule has 2 aromatic carbocycles. The molecule has 1 aromatic heterocycles. The summed E-state index contributed by atoms with van der Waals surface area (Å²) in [7, 11) is 0. The number of amides is 1. The quantitative estimate of drug-likeness (QED) is 0.621. The van der Waals surface area contributed by atoms with Gasteiger partial charge in [-0.05, 0) is 12.1 Å². The number of benzene rings is 2. The van der Waals surface area contributed by atoms with Gasteiger partial charge in [-0.2, -0.15) is 0 Å². The number of nitrogens with one attached hydrogen (secondary N) is 1. The molecule has 4 nitrogen and oxygen atoms in total. The Hall–Kier alpha value is -2.14. The Balaban J connectivity index is 2.00. The van der Waals surface area contributed by atoms with Crippen LogP contribution in [0.3, 0.4) is 0 Å². The van der Waals surface area contributed by atoms with Crippen molar-refractivity contribution in [3.05, 3.63) is 78.1 Å². The molecule has 126 valence electrons. The van der Waals surface area contributed by atoms with Crippen molar-refractivity contribution in [1.29, 1.82) is 0 Å². The number of aromatic nitrogens is 2. The number of carbonyl (C=O) groups is 1. The van der Waals surface area contributed by atoms with Crippen molar-refractivity contribution >= 4 is 46.5 Å². The van der Waals surface area contributed by atoms with Crippen LogP contribution in [0.2, 0.25) is 0 Å². The van der Waals surface area contributed by atoms with Crippen LogP contribution in [0.15, 0.2) is 66.7 Å². The van der Waals surface area contributed by atoms with E-state index in [2.05, 4.69) is 15.3 Å². The molecule has 0 atom stereocenters. The van der Waals surface area contributed by atoms with Crippen LogP contribution in [0.4, 0.5) is 5.82 Å². The first-order valence-corrected chi connectivity index (χ1v) is 8.45. The van der Waals surface area contributed by atoms with Crippen molar-refractivity contribution in [2.24, 2.45) is 0 Å². The van der Waals surface area contributed by atoms with Crippen LogP contribution in [-0.4, -0.2) is 15.9 Å².